The molecule has 2 N–H and O–H groups in total. The first-order chi connectivity index (χ1) is 22.1. The third kappa shape index (κ3) is 7.33. The van der Waals surface area contributed by atoms with Crippen molar-refractivity contribution in [1.82, 2.24) is 20.2 Å². The van der Waals surface area contributed by atoms with Gasteiger partial charge < -0.3 is 34.3 Å². The van der Waals surface area contributed by atoms with Crippen molar-refractivity contribution >= 4 is 22.9 Å². The predicted octanol–water partition coefficient (Wildman–Crippen LogP) is 6.03. The lowest BCUT2D eigenvalue weighted by Crippen LogP contribution is -2.34. The number of aromatic amines is 1. The Bertz CT molecular complexity index is 1620. The number of para-hydroxylation sites is 2. The molecule has 4 aromatic rings. The minimum atomic E-state index is -4.47. The zero-order valence-electron chi connectivity index (χ0n) is 26.5. The Morgan fingerprint density at radius 1 is 0.978 bits per heavy atom. The third-order valence-electron chi connectivity index (χ3n) is 8.58. The Morgan fingerprint density at radius 2 is 1.76 bits per heavy atom. The van der Waals surface area contributed by atoms with E-state index in [-0.39, 0.29) is 18.4 Å². The van der Waals surface area contributed by atoms with Gasteiger partial charge >= 0.3 is 6.18 Å². The maximum Gasteiger partial charge on any atom is 0.416 e. The number of amides is 1. The second kappa shape index (κ2) is 14.3. The molecule has 3 aromatic carbocycles. The maximum atomic E-state index is 13.7. The molecule has 1 aliphatic heterocycles. The minimum absolute atomic E-state index is 0.148. The van der Waals surface area contributed by atoms with Crippen molar-refractivity contribution in [3.8, 4) is 17.2 Å². The second-order valence-corrected chi connectivity index (χ2v) is 11.4. The predicted molar refractivity (Wildman–Crippen MR) is 171 cm³/mol. The van der Waals surface area contributed by atoms with Gasteiger partial charge in [-0.3, -0.25) is 4.79 Å². The number of H-pyrrole nitrogens is 1. The van der Waals surface area contributed by atoms with Gasteiger partial charge in [-0.15, -0.1) is 0 Å². The molecule has 1 atom stereocenters. The van der Waals surface area contributed by atoms with E-state index in [9.17, 15) is 18.0 Å². The molecule has 1 unspecified atom stereocenters. The van der Waals surface area contributed by atoms with Gasteiger partial charge in [0, 0.05) is 43.2 Å². The zero-order valence-corrected chi connectivity index (χ0v) is 26.5. The van der Waals surface area contributed by atoms with Crippen molar-refractivity contribution in [1.29, 1.82) is 0 Å². The monoisotopic (exact) mass is 639 g/mol. The topological polar surface area (TPSA) is 92.0 Å². The summed E-state index contributed by atoms with van der Waals surface area (Å²) in [5, 5.41) is 2.97. The first-order valence-electron chi connectivity index (χ1n) is 15.3. The molecule has 0 aliphatic carbocycles. The van der Waals surface area contributed by atoms with Crippen molar-refractivity contribution in [2.75, 3.05) is 65.5 Å². The Labute approximate surface area is 266 Å². The van der Waals surface area contributed by atoms with E-state index in [1.54, 1.807) is 19.1 Å². The van der Waals surface area contributed by atoms with E-state index >= 15 is 0 Å². The molecule has 246 valence electrons. The van der Waals surface area contributed by atoms with E-state index in [2.05, 4.69) is 20.1 Å². The largest absolute Gasteiger partial charge is 0.493 e. The first kappa shape index (κ1) is 32.9. The molecule has 0 saturated carbocycles. The molecule has 1 saturated heterocycles. The lowest BCUT2D eigenvalue weighted by atomic mass is 9.93. The number of nitrogens with zero attached hydrogens (tertiary/aromatic N) is 3. The summed E-state index contributed by atoms with van der Waals surface area (Å²) in [6, 6.07) is 14.9. The Balaban J connectivity index is 1.31. The molecular weight excluding hydrogens is 599 g/mol. The highest BCUT2D eigenvalue weighted by Gasteiger charge is 2.31. The molecule has 0 radical (unpaired) electrons. The number of hydrogen-bond donors (Lipinski definition) is 2. The zero-order chi connectivity index (χ0) is 32.8. The van der Waals surface area contributed by atoms with Crippen LogP contribution < -0.4 is 24.4 Å². The van der Waals surface area contributed by atoms with Gasteiger partial charge in [0.05, 0.1) is 37.9 Å². The SMILES string of the molecule is COc1cc(C(=O)NCC(CCN2CCCN(c3nc4ccccc4[nH]3)CC2)c2cccc(C(F)(F)F)c2)c(C)c(OC)c1OC. The van der Waals surface area contributed by atoms with Crippen molar-refractivity contribution in [2.24, 2.45) is 0 Å². The maximum absolute atomic E-state index is 13.7. The molecule has 1 fully saturated rings. The van der Waals surface area contributed by atoms with Crippen LogP contribution >= 0.6 is 0 Å². The molecular formula is C34H40F3N5O4. The summed E-state index contributed by atoms with van der Waals surface area (Å²) in [7, 11) is 4.44. The van der Waals surface area contributed by atoms with Gasteiger partial charge in [-0.1, -0.05) is 30.3 Å². The van der Waals surface area contributed by atoms with Crippen LogP contribution in [0.5, 0.6) is 17.2 Å². The number of alkyl halides is 3. The number of carbonyl (C=O) groups excluding carboxylic acids is 1. The van der Waals surface area contributed by atoms with Crippen LogP contribution in [-0.2, 0) is 6.18 Å². The van der Waals surface area contributed by atoms with Crippen molar-refractivity contribution in [3.05, 3.63) is 76.9 Å². The number of ether oxygens (including phenoxy) is 3. The van der Waals surface area contributed by atoms with Gasteiger partial charge in [0.1, 0.15) is 0 Å². The normalized spacial score (nSPS) is 15.0. The van der Waals surface area contributed by atoms with Crippen LogP contribution in [0.1, 0.15) is 45.8 Å². The highest BCUT2D eigenvalue weighted by atomic mass is 19.4. The molecule has 0 bridgehead atoms. The van der Waals surface area contributed by atoms with E-state index in [1.807, 2.05) is 24.3 Å². The smallest absolute Gasteiger partial charge is 0.416 e. The van der Waals surface area contributed by atoms with Gasteiger partial charge in [-0.05, 0) is 62.7 Å². The molecule has 12 heteroatoms. The average molecular weight is 640 g/mol. The van der Waals surface area contributed by atoms with Crippen molar-refractivity contribution in [3.63, 3.8) is 0 Å². The highest BCUT2D eigenvalue weighted by Crippen LogP contribution is 2.41. The van der Waals surface area contributed by atoms with Crippen LogP contribution in [-0.4, -0.2) is 81.4 Å². The third-order valence-corrected chi connectivity index (χ3v) is 8.58. The average Bonchev–Trinajstić information content (AvgIpc) is 3.35. The summed E-state index contributed by atoms with van der Waals surface area (Å²) in [5.41, 5.74) is 2.62. The number of imidazole rings is 1. The lowest BCUT2D eigenvalue weighted by Gasteiger charge is -2.25. The summed E-state index contributed by atoms with van der Waals surface area (Å²) in [5.74, 6) is 1.18. The van der Waals surface area contributed by atoms with Crippen LogP contribution in [0.2, 0.25) is 0 Å². The number of halogens is 3. The molecule has 9 nitrogen and oxygen atoms in total. The number of benzene rings is 3. The fourth-order valence-electron chi connectivity index (χ4n) is 6.04. The summed E-state index contributed by atoms with van der Waals surface area (Å²) >= 11 is 0. The quantitative estimate of drug-likeness (QED) is 0.207. The van der Waals surface area contributed by atoms with Gasteiger partial charge in [-0.2, -0.15) is 13.2 Å². The number of fused-ring (bicyclic) bond motifs is 1. The second-order valence-electron chi connectivity index (χ2n) is 11.4. The van der Waals surface area contributed by atoms with Crippen LogP contribution in [0.15, 0.2) is 54.6 Å². The fourth-order valence-corrected chi connectivity index (χ4v) is 6.04. The number of anilines is 1. The summed E-state index contributed by atoms with van der Waals surface area (Å²) in [6.45, 7) is 5.80. The Hall–Kier alpha value is -4.45. The number of methoxy groups -OCH3 is 3. The molecule has 5 rings (SSSR count). The van der Waals surface area contributed by atoms with Crippen LogP contribution in [0, 0.1) is 6.92 Å². The van der Waals surface area contributed by atoms with E-state index in [4.69, 9.17) is 19.2 Å². The molecule has 2 heterocycles. The number of hydrogen-bond acceptors (Lipinski definition) is 7. The van der Waals surface area contributed by atoms with E-state index in [1.165, 1.54) is 33.5 Å². The Kier molecular flexibility index (Phi) is 10.3. The van der Waals surface area contributed by atoms with Crippen LogP contribution in [0.3, 0.4) is 0 Å². The van der Waals surface area contributed by atoms with E-state index < -0.39 is 11.7 Å². The van der Waals surface area contributed by atoms with Crippen LogP contribution in [0.4, 0.5) is 19.1 Å². The number of carbonyl (C=O) groups is 1. The molecule has 0 spiro atoms. The Morgan fingerprint density at radius 3 is 2.48 bits per heavy atom. The lowest BCUT2D eigenvalue weighted by molar-refractivity contribution is -0.137. The van der Waals surface area contributed by atoms with Crippen molar-refractivity contribution < 1.29 is 32.2 Å². The summed E-state index contributed by atoms with van der Waals surface area (Å²) in [6.07, 6.45) is -3.00. The van der Waals surface area contributed by atoms with Crippen molar-refractivity contribution in [2.45, 2.75) is 31.9 Å². The summed E-state index contributed by atoms with van der Waals surface area (Å²) in [4.78, 5) is 26.2. The first-order valence-corrected chi connectivity index (χ1v) is 15.3. The highest BCUT2D eigenvalue weighted by molar-refractivity contribution is 5.97. The van der Waals surface area contributed by atoms with Crippen LogP contribution in [0.25, 0.3) is 11.0 Å². The fraction of sp³-hybridized carbons (Fsp3) is 0.412. The van der Waals surface area contributed by atoms with Gasteiger partial charge in [0.25, 0.3) is 5.91 Å². The van der Waals surface area contributed by atoms with Gasteiger partial charge in [0.2, 0.25) is 11.7 Å². The molecule has 1 aromatic heterocycles. The standard InChI is InChI=1S/C34H40F3N5O4/c1-22-26(20-29(44-2)31(46-4)30(22)45-3)32(43)38-21-24(23-9-7-10-25(19-23)34(35,36)37)13-16-41-14-8-15-42(18-17-41)33-39-27-11-5-6-12-28(27)40-33/h5-7,9-12,19-20,24H,8,13-18,21H2,1-4H3,(H,38,43)(H,39,40). The minimum Gasteiger partial charge on any atom is -0.493 e. The van der Waals surface area contributed by atoms with E-state index in [0.29, 0.717) is 46.9 Å². The molecule has 1 aliphatic rings. The number of rotatable bonds is 11. The number of nitrogens with one attached hydrogen (secondary N) is 2. The van der Waals surface area contributed by atoms with E-state index in [0.717, 1.165) is 55.6 Å². The molecule has 1 amide bonds. The summed E-state index contributed by atoms with van der Waals surface area (Å²) < 4.78 is 57.3. The van der Waals surface area contributed by atoms with Gasteiger partial charge in [0.15, 0.2) is 11.5 Å². The van der Waals surface area contributed by atoms with Gasteiger partial charge in [-0.25, -0.2) is 4.98 Å². The molecule has 46 heavy (non-hydrogen) atoms. The number of aromatic nitrogens is 2.